The molecule has 2 rings (SSSR count). The molecular weight excluding hydrogens is 284 g/mol. The number of carbonyl (C=O) groups excluding carboxylic acids is 1. The molecule has 1 aliphatic heterocycles. The number of rotatable bonds is 5. The van der Waals surface area contributed by atoms with Gasteiger partial charge in [-0.3, -0.25) is 0 Å². The first-order valence-electron chi connectivity index (χ1n) is 6.41. The number of hydrogen-bond acceptors (Lipinski definition) is 4. The molecule has 6 nitrogen and oxygen atoms in total. The molecule has 1 aromatic rings. The van der Waals surface area contributed by atoms with E-state index in [1.54, 1.807) is 12.1 Å². The van der Waals surface area contributed by atoms with E-state index in [0.29, 0.717) is 49.2 Å². The molecule has 0 aromatic heterocycles. The number of amides is 2. The fourth-order valence-corrected chi connectivity index (χ4v) is 2.08. The molecule has 0 aliphatic carbocycles. The van der Waals surface area contributed by atoms with Gasteiger partial charge in [0.05, 0.1) is 5.02 Å². The van der Waals surface area contributed by atoms with Crippen LogP contribution in [0, 0.1) is 0 Å². The second-order valence-electron chi connectivity index (χ2n) is 4.29. The zero-order valence-electron chi connectivity index (χ0n) is 10.9. The molecule has 7 heteroatoms. The summed E-state index contributed by atoms with van der Waals surface area (Å²) in [4.78, 5) is 11.5. The molecule has 0 radical (unpaired) electrons. The van der Waals surface area contributed by atoms with Crippen LogP contribution in [-0.4, -0.2) is 37.5 Å². The van der Waals surface area contributed by atoms with Gasteiger partial charge in [-0.15, -0.1) is 0 Å². The van der Waals surface area contributed by atoms with Gasteiger partial charge in [0, 0.05) is 19.7 Å². The Balaban J connectivity index is 1.90. The topological polar surface area (TPSA) is 79.8 Å². The Bertz CT molecular complexity index is 482. The summed E-state index contributed by atoms with van der Waals surface area (Å²) in [5, 5.41) is 14.4. The number of urea groups is 1. The first-order valence-corrected chi connectivity index (χ1v) is 6.79. The highest BCUT2D eigenvalue weighted by atomic mass is 35.5. The molecule has 0 saturated heterocycles. The van der Waals surface area contributed by atoms with E-state index in [1.807, 2.05) is 0 Å². The average Bonchev–Trinajstić information content (AvgIpc) is 2.45. The molecule has 110 valence electrons. The van der Waals surface area contributed by atoms with E-state index in [9.17, 15) is 4.79 Å². The smallest absolute Gasteiger partial charge is 0.315 e. The van der Waals surface area contributed by atoms with E-state index < -0.39 is 0 Å². The Labute approximate surface area is 122 Å². The van der Waals surface area contributed by atoms with Gasteiger partial charge in [0.25, 0.3) is 0 Å². The Morgan fingerprint density at radius 1 is 1.30 bits per heavy atom. The molecule has 3 N–H and O–H groups in total. The van der Waals surface area contributed by atoms with Crippen molar-refractivity contribution in [2.24, 2.45) is 0 Å². The number of fused-ring (bicyclic) bond motifs is 1. The van der Waals surface area contributed by atoms with E-state index in [-0.39, 0.29) is 12.6 Å². The Morgan fingerprint density at radius 2 is 2.10 bits per heavy atom. The molecule has 1 aromatic carbocycles. The van der Waals surface area contributed by atoms with Gasteiger partial charge in [-0.1, -0.05) is 11.6 Å². The predicted octanol–water partition coefficient (Wildman–Crippen LogP) is 1.29. The summed E-state index contributed by atoms with van der Waals surface area (Å²) in [6.07, 6.45) is 0.531. The van der Waals surface area contributed by atoms with Crippen LogP contribution >= 0.6 is 11.6 Å². The van der Waals surface area contributed by atoms with Crippen LogP contribution in [0.5, 0.6) is 11.5 Å². The maximum Gasteiger partial charge on any atom is 0.315 e. The number of nitrogens with one attached hydrogen (secondary N) is 2. The van der Waals surface area contributed by atoms with Crippen molar-refractivity contribution in [1.82, 2.24) is 10.6 Å². The molecule has 0 unspecified atom stereocenters. The number of ether oxygens (including phenoxy) is 2. The van der Waals surface area contributed by atoms with Crippen molar-refractivity contribution >= 4 is 17.6 Å². The van der Waals surface area contributed by atoms with Crippen LogP contribution in [0.1, 0.15) is 12.0 Å². The summed E-state index contributed by atoms with van der Waals surface area (Å²) in [6, 6.07) is 3.25. The summed E-state index contributed by atoms with van der Waals surface area (Å²) in [7, 11) is 0. The van der Waals surface area contributed by atoms with Crippen molar-refractivity contribution in [2.75, 3.05) is 26.4 Å². The Kier molecular flexibility index (Phi) is 5.31. The SMILES string of the molecule is O=C(NCCCO)NCc1cc(Cl)c2c(c1)OCCO2. The highest BCUT2D eigenvalue weighted by Crippen LogP contribution is 2.38. The Hall–Kier alpha value is -1.66. The molecule has 1 aliphatic rings. The first-order chi connectivity index (χ1) is 9.70. The fourth-order valence-electron chi connectivity index (χ4n) is 1.79. The van der Waals surface area contributed by atoms with Gasteiger partial charge in [0.1, 0.15) is 13.2 Å². The molecule has 0 spiro atoms. The average molecular weight is 301 g/mol. The minimum Gasteiger partial charge on any atom is -0.486 e. The molecule has 2 amide bonds. The number of aliphatic hydroxyl groups is 1. The number of benzene rings is 1. The van der Waals surface area contributed by atoms with Gasteiger partial charge in [0.15, 0.2) is 11.5 Å². The van der Waals surface area contributed by atoms with E-state index in [0.717, 1.165) is 5.56 Å². The van der Waals surface area contributed by atoms with Crippen LogP contribution in [0.3, 0.4) is 0 Å². The molecule has 0 atom stereocenters. The lowest BCUT2D eigenvalue weighted by atomic mass is 10.2. The van der Waals surface area contributed by atoms with E-state index in [4.69, 9.17) is 26.2 Å². The maximum absolute atomic E-state index is 11.5. The summed E-state index contributed by atoms with van der Waals surface area (Å²) in [6.45, 7) is 1.79. The van der Waals surface area contributed by atoms with Crippen molar-refractivity contribution in [3.8, 4) is 11.5 Å². The van der Waals surface area contributed by atoms with Gasteiger partial charge >= 0.3 is 6.03 Å². The normalized spacial score (nSPS) is 12.9. The third-order valence-electron chi connectivity index (χ3n) is 2.73. The van der Waals surface area contributed by atoms with Crippen LogP contribution in [-0.2, 0) is 6.54 Å². The highest BCUT2D eigenvalue weighted by Gasteiger charge is 2.16. The third kappa shape index (κ3) is 3.91. The number of carbonyl (C=O) groups is 1. The standard InChI is InChI=1S/C13H17ClN2O4/c14-10-6-9(7-11-12(10)20-5-4-19-11)8-16-13(18)15-2-1-3-17/h6-7,17H,1-5,8H2,(H2,15,16,18). The van der Waals surface area contributed by atoms with Crippen molar-refractivity contribution in [3.05, 3.63) is 22.7 Å². The van der Waals surface area contributed by atoms with Gasteiger partial charge in [-0.2, -0.15) is 0 Å². The van der Waals surface area contributed by atoms with Crippen molar-refractivity contribution in [2.45, 2.75) is 13.0 Å². The second kappa shape index (κ2) is 7.21. The van der Waals surface area contributed by atoms with E-state index >= 15 is 0 Å². The van der Waals surface area contributed by atoms with Crippen LogP contribution in [0.15, 0.2) is 12.1 Å². The summed E-state index contributed by atoms with van der Waals surface area (Å²) < 4.78 is 10.9. The maximum atomic E-state index is 11.5. The lowest BCUT2D eigenvalue weighted by Gasteiger charge is -2.20. The molecular formula is C13H17ClN2O4. The number of aliphatic hydroxyl groups excluding tert-OH is 1. The van der Waals surface area contributed by atoms with Crippen LogP contribution in [0.25, 0.3) is 0 Å². The first kappa shape index (κ1) is 14.7. The minimum absolute atomic E-state index is 0.0536. The summed E-state index contributed by atoms with van der Waals surface area (Å²) >= 11 is 6.10. The van der Waals surface area contributed by atoms with Crippen LogP contribution in [0.4, 0.5) is 4.79 Å². The van der Waals surface area contributed by atoms with E-state index in [2.05, 4.69) is 10.6 Å². The number of halogens is 1. The largest absolute Gasteiger partial charge is 0.486 e. The number of hydrogen-bond donors (Lipinski definition) is 3. The van der Waals surface area contributed by atoms with Crippen molar-refractivity contribution in [1.29, 1.82) is 0 Å². The minimum atomic E-state index is -0.288. The lowest BCUT2D eigenvalue weighted by molar-refractivity contribution is 0.171. The van der Waals surface area contributed by atoms with Crippen LogP contribution < -0.4 is 20.1 Å². The molecule has 20 heavy (non-hydrogen) atoms. The van der Waals surface area contributed by atoms with Gasteiger partial charge in [-0.25, -0.2) is 4.79 Å². The zero-order valence-corrected chi connectivity index (χ0v) is 11.7. The third-order valence-corrected chi connectivity index (χ3v) is 3.01. The molecule has 1 heterocycles. The zero-order chi connectivity index (χ0) is 14.4. The molecule has 0 saturated carbocycles. The van der Waals surface area contributed by atoms with Gasteiger partial charge < -0.3 is 25.2 Å². The van der Waals surface area contributed by atoms with Crippen LogP contribution in [0.2, 0.25) is 5.02 Å². The Morgan fingerprint density at radius 3 is 2.90 bits per heavy atom. The summed E-state index contributed by atoms with van der Waals surface area (Å²) in [5.41, 5.74) is 0.830. The lowest BCUT2D eigenvalue weighted by Crippen LogP contribution is -2.35. The fraction of sp³-hybridized carbons (Fsp3) is 0.462. The second-order valence-corrected chi connectivity index (χ2v) is 4.70. The van der Waals surface area contributed by atoms with Crippen molar-refractivity contribution in [3.63, 3.8) is 0 Å². The highest BCUT2D eigenvalue weighted by molar-refractivity contribution is 6.32. The summed E-state index contributed by atoms with van der Waals surface area (Å²) in [5.74, 6) is 1.15. The van der Waals surface area contributed by atoms with Gasteiger partial charge in [-0.05, 0) is 24.1 Å². The molecule has 0 bridgehead atoms. The monoisotopic (exact) mass is 300 g/mol. The van der Waals surface area contributed by atoms with E-state index in [1.165, 1.54) is 0 Å². The van der Waals surface area contributed by atoms with Crippen molar-refractivity contribution < 1.29 is 19.4 Å². The predicted molar refractivity (Wildman–Crippen MR) is 74.4 cm³/mol. The quantitative estimate of drug-likeness (QED) is 0.716. The van der Waals surface area contributed by atoms with Gasteiger partial charge in [0.2, 0.25) is 0 Å². The molecule has 0 fully saturated rings.